The van der Waals surface area contributed by atoms with Crippen molar-refractivity contribution in [2.45, 2.75) is 186 Å². The maximum atomic E-state index is 14.3. The Bertz CT molecular complexity index is 1680. The van der Waals surface area contributed by atoms with E-state index in [1.165, 1.54) is 7.11 Å². The molecular formula is C50H79NO13. The molecule has 0 spiro atoms. The number of carbonyl (C=O) groups is 4. The number of aliphatic hydroxyl groups excluding tert-OH is 3. The topological polar surface area (TPSA) is 199 Å². The van der Waals surface area contributed by atoms with Gasteiger partial charge in [-0.25, -0.2) is 4.79 Å². The Morgan fingerprint density at radius 2 is 1.55 bits per heavy atom. The summed E-state index contributed by atoms with van der Waals surface area (Å²) in [5.41, 5.74) is 1.43. The minimum atomic E-state index is -2.82. The van der Waals surface area contributed by atoms with E-state index in [1.54, 1.807) is 21.1 Å². The van der Waals surface area contributed by atoms with Crippen molar-refractivity contribution in [2.24, 2.45) is 29.6 Å². The van der Waals surface area contributed by atoms with Crippen molar-refractivity contribution in [1.29, 1.82) is 0 Å². The number of amides is 1. The summed E-state index contributed by atoms with van der Waals surface area (Å²) < 4.78 is 29.3. The highest BCUT2D eigenvalue weighted by molar-refractivity contribution is 6.39. The van der Waals surface area contributed by atoms with Gasteiger partial charge in [-0.15, -0.1) is 0 Å². The molecule has 3 aliphatic heterocycles. The van der Waals surface area contributed by atoms with Gasteiger partial charge in [0.15, 0.2) is 5.78 Å². The Morgan fingerprint density at radius 3 is 2.23 bits per heavy atom. The second-order valence-corrected chi connectivity index (χ2v) is 19.3. The number of ketones is 2. The standard InChI is InChI=1S/C50H79NO13/c1-30-15-11-10-12-16-32(3)41(60-7)29-37-20-23-43(53)50(59,64-37)47(56)48(57)51-24-14-13-17-38(51)49(58)63-40(33(4)27-36-19-21-39(52)42(28-36)61-8)22-18-31(2)26-35(6)45(55)46(62-9)44(54)34(5)25-30/h10-12,15-16,26,30-31,33-34,36-43,45-46,52-53,55,59H,13-14,17-25,27-29H2,1-9H3/b12-10+,15-11+,32-16+,35-26+/t30-,31+,33-,34-,36+,37+,38+,39-,40+,41+,42-,43-,45-,46+,50?/m1/s1. The molecule has 0 aromatic rings. The van der Waals surface area contributed by atoms with E-state index in [-0.39, 0.29) is 67.3 Å². The third-order valence-corrected chi connectivity index (χ3v) is 14.1. The van der Waals surface area contributed by atoms with Crippen LogP contribution >= 0.6 is 0 Å². The van der Waals surface area contributed by atoms with Crippen molar-refractivity contribution in [3.05, 3.63) is 47.6 Å². The number of allylic oxidation sites excluding steroid dienone is 6. The highest BCUT2D eigenvalue weighted by Crippen LogP contribution is 2.36. The van der Waals surface area contributed by atoms with Gasteiger partial charge in [-0.3, -0.25) is 14.4 Å². The van der Waals surface area contributed by atoms with Gasteiger partial charge in [0.05, 0.1) is 24.4 Å². The number of hydrogen-bond acceptors (Lipinski definition) is 13. The largest absolute Gasteiger partial charge is 0.461 e. The maximum Gasteiger partial charge on any atom is 0.329 e. The minimum absolute atomic E-state index is 0.000815. The normalized spacial score (nSPS) is 40.8. The number of Topliss-reactive ketones (excluding diaryl/α,β-unsaturated/α-hetero) is 2. The number of cyclic esters (lactones) is 1. The molecule has 3 heterocycles. The lowest BCUT2D eigenvalue weighted by Crippen LogP contribution is -2.63. The summed E-state index contributed by atoms with van der Waals surface area (Å²) in [6.07, 6.45) is 11.2. The predicted octanol–water partition coefficient (Wildman–Crippen LogP) is 5.73. The van der Waals surface area contributed by atoms with E-state index in [0.717, 1.165) is 16.9 Å². The van der Waals surface area contributed by atoms with Crippen LogP contribution in [-0.2, 0) is 42.9 Å². The number of hydrogen-bond donors (Lipinski definition) is 4. The molecule has 1 aliphatic carbocycles. The Labute approximate surface area is 381 Å². The van der Waals surface area contributed by atoms with Crippen molar-refractivity contribution in [1.82, 2.24) is 4.90 Å². The molecule has 1 unspecified atom stereocenters. The van der Waals surface area contributed by atoms with Gasteiger partial charge in [0.1, 0.15) is 30.5 Å². The van der Waals surface area contributed by atoms with E-state index in [2.05, 4.69) is 0 Å². The number of ether oxygens (including phenoxy) is 5. The summed E-state index contributed by atoms with van der Waals surface area (Å²) in [6.45, 7) is 11.6. The molecule has 64 heavy (non-hydrogen) atoms. The van der Waals surface area contributed by atoms with Crippen LogP contribution in [0.2, 0.25) is 0 Å². The van der Waals surface area contributed by atoms with Crippen LogP contribution in [0.5, 0.6) is 0 Å². The lowest BCUT2D eigenvalue weighted by Gasteiger charge is -2.42. The summed E-state index contributed by atoms with van der Waals surface area (Å²) in [5, 5.41) is 44.6. The van der Waals surface area contributed by atoms with Crippen LogP contribution in [0.1, 0.15) is 125 Å². The fraction of sp³-hybridized carbons (Fsp3) is 0.760. The molecule has 15 atom stereocenters. The molecule has 4 aliphatic rings. The number of esters is 1. The summed E-state index contributed by atoms with van der Waals surface area (Å²) in [4.78, 5) is 57.3. The van der Waals surface area contributed by atoms with Crippen molar-refractivity contribution in [3.63, 3.8) is 0 Å². The molecular weight excluding hydrogens is 823 g/mol. The Hall–Kier alpha value is -3.08. The molecule has 362 valence electrons. The highest BCUT2D eigenvalue weighted by atomic mass is 16.7. The van der Waals surface area contributed by atoms with Crippen molar-refractivity contribution in [3.8, 4) is 0 Å². The zero-order valence-corrected chi connectivity index (χ0v) is 39.9. The van der Waals surface area contributed by atoms with Gasteiger partial charge in [0.2, 0.25) is 0 Å². The first-order valence-electron chi connectivity index (χ1n) is 23.7. The first-order chi connectivity index (χ1) is 30.3. The fourth-order valence-electron chi connectivity index (χ4n) is 10.1. The number of piperidine rings is 1. The fourth-order valence-corrected chi connectivity index (χ4v) is 10.1. The first-order valence-corrected chi connectivity index (χ1v) is 23.7. The van der Waals surface area contributed by atoms with Gasteiger partial charge < -0.3 is 49.0 Å². The summed E-state index contributed by atoms with van der Waals surface area (Å²) in [6, 6.07) is -1.10. The molecule has 1 saturated carbocycles. The highest BCUT2D eigenvalue weighted by Gasteiger charge is 2.54. The number of rotatable bonds is 6. The summed E-state index contributed by atoms with van der Waals surface area (Å²) in [5.74, 6) is -6.47. The summed E-state index contributed by atoms with van der Waals surface area (Å²) in [7, 11) is 4.57. The second-order valence-electron chi connectivity index (χ2n) is 19.3. The molecule has 14 nitrogen and oxygen atoms in total. The maximum absolute atomic E-state index is 14.3. The average Bonchev–Trinajstić information content (AvgIpc) is 3.27. The Morgan fingerprint density at radius 1 is 0.812 bits per heavy atom. The van der Waals surface area contributed by atoms with Gasteiger partial charge in [0, 0.05) is 40.2 Å². The third-order valence-electron chi connectivity index (χ3n) is 14.1. The van der Waals surface area contributed by atoms with Crippen LogP contribution < -0.4 is 0 Å². The lowest BCUT2D eigenvalue weighted by molar-refractivity contribution is -0.282. The monoisotopic (exact) mass is 902 g/mol. The predicted molar refractivity (Wildman–Crippen MR) is 242 cm³/mol. The van der Waals surface area contributed by atoms with Crippen molar-refractivity contribution in [2.75, 3.05) is 27.9 Å². The van der Waals surface area contributed by atoms with E-state index < -0.39 is 72.2 Å². The molecule has 2 saturated heterocycles. The number of methoxy groups -OCH3 is 3. The van der Waals surface area contributed by atoms with E-state index >= 15 is 0 Å². The van der Waals surface area contributed by atoms with Gasteiger partial charge in [0.25, 0.3) is 17.5 Å². The molecule has 0 radical (unpaired) electrons. The Kier molecular flexibility index (Phi) is 21.0. The van der Waals surface area contributed by atoms with Crippen molar-refractivity contribution < 1.29 is 63.3 Å². The van der Waals surface area contributed by atoms with Crippen LogP contribution in [0.15, 0.2) is 47.6 Å². The van der Waals surface area contributed by atoms with Crippen LogP contribution in [0.25, 0.3) is 0 Å². The van der Waals surface area contributed by atoms with E-state index in [0.29, 0.717) is 63.4 Å². The molecule has 3 fully saturated rings. The average molecular weight is 902 g/mol. The molecule has 14 heteroatoms. The van der Waals surface area contributed by atoms with Crippen LogP contribution in [0, 0.1) is 29.6 Å². The Balaban J connectivity index is 1.67. The van der Waals surface area contributed by atoms with Gasteiger partial charge in [-0.05, 0) is 126 Å². The zero-order valence-electron chi connectivity index (χ0n) is 39.9. The number of fused-ring (bicyclic) bond motifs is 3. The quantitative estimate of drug-likeness (QED) is 0.144. The van der Waals surface area contributed by atoms with E-state index in [4.69, 9.17) is 23.7 Å². The molecule has 4 rings (SSSR count). The van der Waals surface area contributed by atoms with Gasteiger partial charge in [-0.1, -0.05) is 64.2 Å². The van der Waals surface area contributed by atoms with Crippen molar-refractivity contribution >= 4 is 23.4 Å². The smallest absolute Gasteiger partial charge is 0.329 e. The van der Waals surface area contributed by atoms with Crippen LogP contribution in [-0.4, -0.2) is 137 Å². The molecule has 0 aromatic heterocycles. The SMILES string of the molecule is CO[C@H]1C[C@@H]2CC[C@@H](O)C(O)(O2)C(=O)C(=O)N2CCCC[C@H]2C(=O)O[C@H]([C@H](C)C[C@@H]2CC[C@@H](O)[C@H](OC)C2)CC[C@H](C)/C=C(\C)[C@@H](O)[C@@H](OC)C(=O)[C@H](C)C[C@H](C)/C=C/C=C/C=C/1C. The minimum Gasteiger partial charge on any atom is -0.461 e. The van der Waals surface area contributed by atoms with Gasteiger partial charge in [-0.2, -0.15) is 0 Å². The molecule has 4 N–H and O–H groups in total. The van der Waals surface area contributed by atoms with E-state index in [1.807, 2.05) is 71.1 Å². The number of aliphatic hydroxyl groups is 4. The third kappa shape index (κ3) is 14.2. The number of nitrogens with zero attached hydrogens (tertiary/aromatic N) is 1. The lowest BCUT2D eigenvalue weighted by atomic mass is 9.78. The first kappa shape index (κ1) is 53.5. The molecule has 1 amide bonds. The summed E-state index contributed by atoms with van der Waals surface area (Å²) >= 11 is 0. The van der Waals surface area contributed by atoms with Gasteiger partial charge >= 0.3 is 5.97 Å². The molecule has 0 aromatic carbocycles. The van der Waals surface area contributed by atoms with Crippen LogP contribution in [0.4, 0.5) is 0 Å². The zero-order chi connectivity index (χ0) is 47.3. The number of carbonyl (C=O) groups excluding carboxylic acids is 4. The second kappa shape index (κ2) is 25.2. The van der Waals surface area contributed by atoms with Crippen LogP contribution in [0.3, 0.4) is 0 Å². The van der Waals surface area contributed by atoms with E-state index in [9.17, 15) is 39.6 Å². The molecule has 2 bridgehead atoms.